The van der Waals surface area contributed by atoms with Crippen LogP contribution in [0.15, 0.2) is 30.3 Å². The van der Waals surface area contributed by atoms with E-state index >= 15 is 0 Å². The number of carbonyl (C=O) groups excluding carboxylic acids is 1. The summed E-state index contributed by atoms with van der Waals surface area (Å²) in [6.07, 6.45) is 0. The summed E-state index contributed by atoms with van der Waals surface area (Å²) in [7, 11) is 1.84. The van der Waals surface area contributed by atoms with E-state index in [2.05, 4.69) is 5.10 Å². The van der Waals surface area contributed by atoms with Crippen molar-refractivity contribution in [3.05, 3.63) is 47.3 Å². The summed E-state index contributed by atoms with van der Waals surface area (Å²) in [5.41, 5.74) is 2.66. The molecule has 0 radical (unpaired) electrons. The molecule has 6 nitrogen and oxygen atoms in total. The van der Waals surface area contributed by atoms with Crippen LogP contribution >= 0.6 is 0 Å². The van der Waals surface area contributed by atoms with Crippen LogP contribution in [0.1, 0.15) is 17.0 Å². The minimum atomic E-state index is -0.162. The van der Waals surface area contributed by atoms with Crippen molar-refractivity contribution in [1.29, 1.82) is 0 Å². The van der Waals surface area contributed by atoms with Gasteiger partial charge in [-0.05, 0) is 19.4 Å². The number of hydrogen-bond acceptors (Lipinski definition) is 4. The maximum Gasteiger partial charge on any atom is 0.260 e. The molecule has 2 rings (SSSR count). The largest absolute Gasteiger partial charge is 0.480 e. The summed E-state index contributed by atoms with van der Waals surface area (Å²) in [6, 6.07) is 9.69. The van der Waals surface area contributed by atoms with Crippen molar-refractivity contribution in [1.82, 2.24) is 14.7 Å². The van der Waals surface area contributed by atoms with Crippen LogP contribution in [0.4, 0.5) is 0 Å². The quantitative estimate of drug-likeness (QED) is 0.839. The van der Waals surface area contributed by atoms with Crippen molar-refractivity contribution in [3.8, 4) is 5.75 Å². The predicted molar refractivity (Wildman–Crippen MR) is 87.1 cm³/mol. The molecule has 1 amide bonds. The average Bonchev–Trinajstić information content (AvgIpc) is 2.78. The molecule has 0 spiro atoms. The molecular weight excluding hydrogens is 294 g/mol. The molecule has 1 aromatic carbocycles. The Morgan fingerprint density at radius 2 is 2.00 bits per heavy atom. The summed E-state index contributed by atoms with van der Waals surface area (Å²) in [5.74, 6) is 0.482. The minimum Gasteiger partial charge on any atom is -0.480 e. The molecule has 0 atom stereocenters. The second kappa shape index (κ2) is 7.78. The normalized spacial score (nSPS) is 10.6. The van der Waals surface area contributed by atoms with Crippen LogP contribution in [0.3, 0.4) is 0 Å². The zero-order valence-corrected chi connectivity index (χ0v) is 13.8. The van der Waals surface area contributed by atoms with Gasteiger partial charge >= 0.3 is 0 Å². The molecule has 1 N–H and O–H groups in total. The number of rotatable bonds is 7. The fraction of sp³-hybridized carbons (Fsp3) is 0.412. The zero-order chi connectivity index (χ0) is 16.8. The van der Waals surface area contributed by atoms with Crippen LogP contribution in [-0.4, -0.2) is 45.5 Å². The molecule has 0 aliphatic heterocycles. The molecule has 0 saturated heterocycles. The van der Waals surface area contributed by atoms with Crippen LogP contribution in [-0.2, 0) is 18.4 Å². The SMILES string of the molecule is Cc1nn(C)c(C)c1OCC(=O)N(CCO)Cc1ccccc1. The number of aromatic nitrogens is 2. The van der Waals surface area contributed by atoms with Gasteiger partial charge in [0.2, 0.25) is 0 Å². The molecule has 0 unspecified atom stereocenters. The van der Waals surface area contributed by atoms with Gasteiger partial charge in [-0.15, -0.1) is 0 Å². The van der Waals surface area contributed by atoms with Crippen molar-refractivity contribution in [2.24, 2.45) is 7.05 Å². The summed E-state index contributed by atoms with van der Waals surface area (Å²) < 4.78 is 7.39. The standard InChI is InChI=1S/C17H23N3O3/c1-13-17(14(2)19(3)18-13)23-12-16(22)20(9-10-21)11-15-7-5-4-6-8-15/h4-8,21H,9-12H2,1-3H3. The fourth-order valence-corrected chi connectivity index (χ4v) is 2.40. The summed E-state index contributed by atoms with van der Waals surface area (Å²) in [5, 5.41) is 13.5. The maximum absolute atomic E-state index is 12.4. The number of amides is 1. The van der Waals surface area contributed by atoms with Gasteiger partial charge in [0.15, 0.2) is 12.4 Å². The van der Waals surface area contributed by atoms with Crippen LogP contribution in [0.25, 0.3) is 0 Å². The van der Waals surface area contributed by atoms with E-state index in [9.17, 15) is 9.90 Å². The number of hydrogen-bond donors (Lipinski definition) is 1. The molecule has 1 heterocycles. The lowest BCUT2D eigenvalue weighted by Crippen LogP contribution is -2.36. The van der Waals surface area contributed by atoms with E-state index in [-0.39, 0.29) is 25.7 Å². The van der Waals surface area contributed by atoms with E-state index in [0.717, 1.165) is 17.0 Å². The number of aryl methyl sites for hydroxylation is 2. The smallest absolute Gasteiger partial charge is 0.260 e. The summed E-state index contributed by atoms with van der Waals surface area (Å²) in [6.45, 7) is 4.33. The van der Waals surface area contributed by atoms with Crippen molar-refractivity contribution in [3.63, 3.8) is 0 Å². The van der Waals surface area contributed by atoms with Crippen molar-refractivity contribution in [2.45, 2.75) is 20.4 Å². The average molecular weight is 317 g/mol. The van der Waals surface area contributed by atoms with Crippen LogP contribution in [0, 0.1) is 13.8 Å². The predicted octanol–water partition coefficient (Wildman–Crippen LogP) is 1.44. The Morgan fingerprint density at radius 3 is 2.57 bits per heavy atom. The van der Waals surface area contributed by atoms with E-state index in [1.165, 1.54) is 0 Å². The Kier molecular flexibility index (Phi) is 5.76. The van der Waals surface area contributed by atoms with Gasteiger partial charge in [0.05, 0.1) is 12.3 Å². The van der Waals surface area contributed by atoms with Gasteiger partial charge in [-0.2, -0.15) is 5.10 Å². The molecule has 23 heavy (non-hydrogen) atoms. The summed E-state index contributed by atoms with van der Waals surface area (Å²) >= 11 is 0. The van der Waals surface area contributed by atoms with Crippen LogP contribution in [0.2, 0.25) is 0 Å². The van der Waals surface area contributed by atoms with E-state index in [0.29, 0.717) is 12.3 Å². The van der Waals surface area contributed by atoms with Gasteiger partial charge in [0.1, 0.15) is 5.69 Å². The molecule has 1 aromatic heterocycles. The molecule has 0 fully saturated rings. The van der Waals surface area contributed by atoms with E-state index in [1.807, 2.05) is 51.2 Å². The van der Waals surface area contributed by atoms with Gasteiger partial charge in [-0.3, -0.25) is 9.48 Å². The highest BCUT2D eigenvalue weighted by Gasteiger charge is 2.17. The Labute approximate surface area is 136 Å². The second-order valence-corrected chi connectivity index (χ2v) is 5.44. The molecule has 2 aromatic rings. The van der Waals surface area contributed by atoms with Gasteiger partial charge in [0.25, 0.3) is 5.91 Å². The van der Waals surface area contributed by atoms with Crippen molar-refractivity contribution in [2.75, 3.05) is 19.8 Å². The third-order valence-electron chi connectivity index (χ3n) is 3.72. The summed E-state index contributed by atoms with van der Waals surface area (Å²) in [4.78, 5) is 14.0. The molecule has 124 valence electrons. The van der Waals surface area contributed by atoms with E-state index in [1.54, 1.807) is 9.58 Å². The molecule has 0 aliphatic rings. The number of carbonyl (C=O) groups is 1. The lowest BCUT2D eigenvalue weighted by Gasteiger charge is -2.22. The first-order valence-electron chi connectivity index (χ1n) is 7.58. The zero-order valence-electron chi connectivity index (χ0n) is 13.8. The van der Waals surface area contributed by atoms with Crippen LogP contribution < -0.4 is 4.74 Å². The third-order valence-corrected chi connectivity index (χ3v) is 3.72. The fourth-order valence-electron chi connectivity index (χ4n) is 2.40. The molecule has 6 heteroatoms. The van der Waals surface area contributed by atoms with Gasteiger partial charge in [-0.1, -0.05) is 30.3 Å². The van der Waals surface area contributed by atoms with Crippen molar-refractivity contribution < 1.29 is 14.6 Å². The number of aliphatic hydroxyl groups excluding tert-OH is 1. The van der Waals surface area contributed by atoms with Gasteiger partial charge in [-0.25, -0.2) is 0 Å². The Hall–Kier alpha value is -2.34. The minimum absolute atomic E-state index is 0.0692. The number of ether oxygens (including phenoxy) is 1. The highest BCUT2D eigenvalue weighted by molar-refractivity contribution is 5.77. The third kappa shape index (κ3) is 4.32. The van der Waals surface area contributed by atoms with Gasteiger partial charge < -0.3 is 14.7 Å². The Balaban J connectivity index is 2.00. The molecular formula is C17H23N3O3. The van der Waals surface area contributed by atoms with Gasteiger partial charge in [0, 0.05) is 20.1 Å². The second-order valence-electron chi connectivity index (χ2n) is 5.44. The molecule has 0 bridgehead atoms. The Bertz CT molecular complexity index is 653. The highest BCUT2D eigenvalue weighted by Crippen LogP contribution is 2.21. The lowest BCUT2D eigenvalue weighted by atomic mass is 10.2. The first-order valence-corrected chi connectivity index (χ1v) is 7.58. The van der Waals surface area contributed by atoms with Crippen molar-refractivity contribution >= 4 is 5.91 Å². The molecule has 0 aliphatic carbocycles. The highest BCUT2D eigenvalue weighted by atomic mass is 16.5. The number of benzene rings is 1. The number of aliphatic hydroxyl groups is 1. The first kappa shape index (κ1) is 17.0. The van der Waals surface area contributed by atoms with Crippen LogP contribution in [0.5, 0.6) is 5.75 Å². The monoisotopic (exact) mass is 317 g/mol. The number of nitrogens with zero attached hydrogens (tertiary/aromatic N) is 3. The lowest BCUT2D eigenvalue weighted by molar-refractivity contribution is -0.134. The molecule has 0 saturated carbocycles. The first-order chi connectivity index (χ1) is 11.0. The van der Waals surface area contributed by atoms with E-state index < -0.39 is 0 Å². The Morgan fingerprint density at radius 1 is 1.30 bits per heavy atom. The maximum atomic E-state index is 12.4. The topological polar surface area (TPSA) is 67.6 Å². The van der Waals surface area contributed by atoms with E-state index in [4.69, 9.17) is 4.74 Å².